The lowest BCUT2D eigenvalue weighted by molar-refractivity contribution is 0.244. The predicted molar refractivity (Wildman–Crippen MR) is 127 cm³/mol. The summed E-state index contributed by atoms with van der Waals surface area (Å²) in [6, 6.07) is 19.1. The number of methoxy groups -OCH3 is 1. The van der Waals surface area contributed by atoms with Crippen molar-refractivity contribution >= 4 is 10.0 Å². The number of hydrogen-bond donors (Lipinski definition) is 0. The average Bonchev–Trinajstić information content (AvgIpc) is 3.26. The highest BCUT2D eigenvalue weighted by Gasteiger charge is 2.33. The van der Waals surface area contributed by atoms with Crippen molar-refractivity contribution in [2.75, 3.05) is 7.11 Å². The summed E-state index contributed by atoms with van der Waals surface area (Å²) in [5.41, 5.74) is 3.49. The molecule has 0 saturated heterocycles. The summed E-state index contributed by atoms with van der Waals surface area (Å²) >= 11 is 0. The first kappa shape index (κ1) is 22.6. The van der Waals surface area contributed by atoms with Gasteiger partial charge in [-0.15, -0.1) is 0 Å². The number of ether oxygens (including phenoxy) is 1. The van der Waals surface area contributed by atoms with Crippen molar-refractivity contribution < 1.29 is 13.2 Å². The minimum absolute atomic E-state index is 0.0256. The van der Waals surface area contributed by atoms with Gasteiger partial charge in [-0.05, 0) is 67.3 Å². The van der Waals surface area contributed by atoms with Gasteiger partial charge in [-0.2, -0.15) is 4.31 Å². The maximum absolute atomic E-state index is 13.8. The van der Waals surface area contributed by atoms with E-state index in [1.54, 1.807) is 35.7 Å². The smallest absolute Gasteiger partial charge is 0.243 e. The van der Waals surface area contributed by atoms with E-state index in [1.165, 1.54) is 17.5 Å². The largest absolute Gasteiger partial charge is 0.497 e. The molecule has 0 unspecified atom stereocenters. The molecule has 32 heavy (non-hydrogen) atoms. The molecule has 170 valence electrons. The second-order valence-corrected chi connectivity index (χ2v) is 10.5. The van der Waals surface area contributed by atoms with Gasteiger partial charge in [0.05, 0.1) is 18.6 Å². The molecule has 1 aliphatic rings. The number of aryl methyl sites for hydroxylation is 1. The van der Waals surface area contributed by atoms with Crippen LogP contribution in [0.25, 0.3) is 0 Å². The van der Waals surface area contributed by atoms with Crippen molar-refractivity contribution in [3.8, 4) is 5.75 Å². The first-order valence-electron chi connectivity index (χ1n) is 11.3. The number of benzene rings is 2. The Labute approximate surface area is 191 Å². The first-order chi connectivity index (χ1) is 15.5. The molecule has 5 nitrogen and oxygen atoms in total. The van der Waals surface area contributed by atoms with Gasteiger partial charge in [0.2, 0.25) is 10.0 Å². The van der Waals surface area contributed by atoms with Gasteiger partial charge < -0.3 is 9.30 Å². The van der Waals surface area contributed by atoms with Gasteiger partial charge in [-0.3, -0.25) is 0 Å². The molecule has 2 aromatic carbocycles. The molecule has 1 saturated carbocycles. The van der Waals surface area contributed by atoms with Crippen LogP contribution in [0.5, 0.6) is 5.75 Å². The second-order valence-electron chi connectivity index (χ2n) is 8.57. The van der Waals surface area contributed by atoms with Gasteiger partial charge in [0.15, 0.2) is 0 Å². The molecule has 1 aromatic heterocycles. The topological polar surface area (TPSA) is 51.5 Å². The number of nitrogens with zero attached hydrogens (tertiary/aromatic N) is 2. The van der Waals surface area contributed by atoms with Crippen LogP contribution in [0.3, 0.4) is 0 Å². The summed E-state index contributed by atoms with van der Waals surface area (Å²) in [6.45, 7) is 3.22. The van der Waals surface area contributed by atoms with Crippen molar-refractivity contribution in [3.05, 3.63) is 83.7 Å². The van der Waals surface area contributed by atoms with Crippen molar-refractivity contribution in [1.82, 2.24) is 8.87 Å². The van der Waals surface area contributed by atoms with E-state index in [0.717, 1.165) is 37.9 Å². The van der Waals surface area contributed by atoms with Gasteiger partial charge in [0.1, 0.15) is 5.75 Å². The summed E-state index contributed by atoms with van der Waals surface area (Å²) in [7, 11) is -2.05. The fourth-order valence-corrected chi connectivity index (χ4v) is 6.20. The lowest BCUT2D eigenvalue weighted by Gasteiger charge is -2.33. The zero-order chi connectivity index (χ0) is 22.6. The Bertz CT molecular complexity index is 1130. The van der Waals surface area contributed by atoms with Gasteiger partial charge in [0, 0.05) is 24.5 Å². The van der Waals surface area contributed by atoms with Crippen LogP contribution in [-0.2, 0) is 23.1 Å². The van der Waals surface area contributed by atoms with Crippen molar-refractivity contribution in [2.45, 2.75) is 63.1 Å². The molecule has 1 heterocycles. The van der Waals surface area contributed by atoms with E-state index < -0.39 is 10.0 Å². The van der Waals surface area contributed by atoms with Gasteiger partial charge in [-0.1, -0.05) is 43.5 Å². The molecular weight excluding hydrogens is 420 g/mol. The standard InChI is InChI=1S/C26H32N2O3S/c1-21-9-6-7-10-22(21)19-27-18-8-13-24(27)20-28(23-11-4-3-5-12-23)32(29,30)26-16-14-25(31-2)15-17-26/h6-10,13-18,23H,3-5,11-12,19-20H2,1-2H3. The molecule has 0 N–H and O–H groups in total. The summed E-state index contributed by atoms with van der Waals surface area (Å²) < 4.78 is 36.6. The molecule has 0 amide bonds. The Morgan fingerprint density at radius 3 is 2.38 bits per heavy atom. The van der Waals surface area contributed by atoms with Crippen molar-refractivity contribution in [1.29, 1.82) is 0 Å². The van der Waals surface area contributed by atoms with Crippen LogP contribution in [-0.4, -0.2) is 30.4 Å². The molecule has 6 heteroatoms. The molecule has 1 aliphatic carbocycles. The Balaban J connectivity index is 1.65. The fourth-order valence-electron chi connectivity index (χ4n) is 4.54. The Morgan fingerprint density at radius 1 is 0.969 bits per heavy atom. The summed E-state index contributed by atoms with van der Waals surface area (Å²) in [6.07, 6.45) is 7.19. The third-order valence-corrected chi connectivity index (χ3v) is 8.40. The maximum atomic E-state index is 13.8. The molecular formula is C26H32N2O3S. The van der Waals surface area contributed by atoms with E-state index >= 15 is 0 Å². The fraction of sp³-hybridized carbons (Fsp3) is 0.385. The highest BCUT2D eigenvalue weighted by atomic mass is 32.2. The van der Waals surface area contributed by atoms with Crippen molar-refractivity contribution in [3.63, 3.8) is 0 Å². The molecule has 3 aromatic rings. The SMILES string of the molecule is COc1ccc(S(=O)(=O)N(Cc2cccn2Cc2ccccc2C)C2CCCCC2)cc1. The number of aromatic nitrogens is 1. The monoisotopic (exact) mass is 452 g/mol. The number of hydrogen-bond acceptors (Lipinski definition) is 3. The van der Waals surface area contributed by atoms with Crippen LogP contribution >= 0.6 is 0 Å². The van der Waals surface area contributed by atoms with E-state index in [-0.39, 0.29) is 6.04 Å². The minimum atomic E-state index is -3.64. The third kappa shape index (κ3) is 4.92. The van der Waals surface area contributed by atoms with E-state index in [0.29, 0.717) is 17.2 Å². The van der Waals surface area contributed by atoms with Crippen LogP contribution in [0.4, 0.5) is 0 Å². The Hall–Kier alpha value is -2.57. The van der Waals surface area contributed by atoms with Gasteiger partial charge in [0.25, 0.3) is 0 Å². The van der Waals surface area contributed by atoms with E-state index in [4.69, 9.17) is 4.74 Å². The minimum Gasteiger partial charge on any atom is -0.497 e. The molecule has 0 aliphatic heterocycles. The van der Waals surface area contributed by atoms with E-state index in [2.05, 4.69) is 23.6 Å². The number of sulfonamides is 1. The van der Waals surface area contributed by atoms with Crippen molar-refractivity contribution in [2.24, 2.45) is 0 Å². The zero-order valence-corrected chi connectivity index (χ0v) is 19.7. The molecule has 0 atom stereocenters. The number of rotatable bonds is 8. The average molecular weight is 453 g/mol. The molecule has 0 bridgehead atoms. The molecule has 1 fully saturated rings. The van der Waals surface area contributed by atoms with Crippen LogP contribution in [0.15, 0.2) is 71.8 Å². The Morgan fingerprint density at radius 2 is 1.69 bits per heavy atom. The Kier molecular flexibility index (Phi) is 7.01. The summed E-state index contributed by atoms with van der Waals surface area (Å²) in [5.74, 6) is 0.653. The van der Waals surface area contributed by atoms with Crippen LogP contribution in [0, 0.1) is 6.92 Å². The highest BCUT2D eigenvalue weighted by molar-refractivity contribution is 7.89. The quantitative estimate of drug-likeness (QED) is 0.461. The van der Waals surface area contributed by atoms with E-state index in [1.807, 2.05) is 30.5 Å². The lowest BCUT2D eigenvalue weighted by Crippen LogP contribution is -2.41. The predicted octanol–water partition coefficient (Wildman–Crippen LogP) is 5.38. The van der Waals surface area contributed by atoms with Crippen LogP contribution < -0.4 is 4.74 Å². The highest BCUT2D eigenvalue weighted by Crippen LogP contribution is 2.30. The molecule has 4 rings (SSSR count). The van der Waals surface area contributed by atoms with Gasteiger partial charge in [-0.25, -0.2) is 8.42 Å². The van der Waals surface area contributed by atoms with Crippen LogP contribution in [0.1, 0.15) is 48.9 Å². The normalized spacial score (nSPS) is 15.2. The first-order valence-corrected chi connectivity index (χ1v) is 12.8. The van der Waals surface area contributed by atoms with Crippen LogP contribution in [0.2, 0.25) is 0 Å². The molecule has 0 spiro atoms. The summed E-state index contributed by atoms with van der Waals surface area (Å²) in [4.78, 5) is 0.320. The van der Waals surface area contributed by atoms with E-state index in [9.17, 15) is 8.42 Å². The molecule has 0 radical (unpaired) electrons. The summed E-state index contributed by atoms with van der Waals surface area (Å²) in [5, 5.41) is 0. The maximum Gasteiger partial charge on any atom is 0.243 e. The lowest BCUT2D eigenvalue weighted by atomic mass is 9.95. The van der Waals surface area contributed by atoms with Gasteiger partial charge >= 0.3 is 0 Å². The zero-order valence-electron chi connectivity index (χ0n) is 18.9. The second kappa shape index (κ2) is 9.92. The third-order valence-electron chi connectivity index (χ3n) is 6.49.